The lowest BCUT2D eigenvalue weighted by atomic mass is 10.2. The molecule has 0 atom stereocenters. The number of hydrogen-bond acceptors (Lipinski definition) is 2. The van der Waals surface area contributed by atoms with Crippen molar-refractivity contribution < 1.29 is 4.43 Å². The molecular formula is C16H27NOSi. The van der Waals surface area contributed by atoms with Crippen molar-refractivity contribution >= 4 is 14.0 Å². The number of benzene rings is 1. The van der Waals surface area contributed by atoms with Crippen LogP contribution in [0.5, 0.6) is 5.75 Å². The van der Waals surface area contributed by atoms with Crippen LogP contribution in [-0.4, -0.2) is 21.4 Å². The summed E-state index contributed by atoms with van der Waals surface area (Å²) < 4.78 is 6.38. The van der Waals surface area contributed by atoms with Crippen molar-refractivity contribution in [3.05, 3.63) is 24.3 Å². The lowest BCUT2D eigenvalue weighted by molar-refractivity contribution is 0.492. The standard InChI is InChI=1S/C16H27NOSi/c1-16(2,3)19(4,5)18-15-10-8-9-14(13-15)17-11-6-7-12-17/h8-10,13H,6-7,11-12H2,1-5H3. The Hall–Kier alpha value is -0.963. The quantitative estimate of drug-likeness (QED) is 0.744. The third kappa shape index (κ3) is 3.33. The van der Waals surface area contributed by atoms with Crippen LogP contribution in [0.15, 0.2) is 24.3 Å². The van der Waals surface area contributed by atoms with Gasteiger partial charge in [0.2, 0.25) is 8.32 Å². The zero-order chi connectivity index (χ0) is 14.1. The van der Waals surface area contributed by atoms with Gasteiger partial charge in [0.05, 0.1) is 0 Å². The van der Waals surface area contributed by atoms with E-state index in [2.05, 4.69) is 63.0 Å². The second kappa shape index (κ2) is 5.20. The summed E-state index contributed by atoms with van der Waals surface area (Å²) >= 11 is 0. The van der Waals surface area contributed by atoms with Crippen LogP contribution < -0.4 is 9.33 Å². The average Bonchev–Trinajstić information content (AvgIpc) is 2.80. The number of hydrogen-bond donors (Lipinski definition) is 0. The molecule has 0 amide bonds. The van der Waals surface area contributed by atoms with Crippen LogP contribution in [0.1, 0.15) is 33.6 Å². The maximum atomic E-state index is 6.38. The lowest BCUT2D eigenvalue weighted by Crippen LogP contribution is -2.43. The highest BCUT2D eigenvalue weighted by Gasteiger charge is 2.39. The van der Waals surface area contributed by atoms with E-state index in [0.717, 1.165) is 5.75 Å². The zero-order valence-electron chi connectivity index (χ0n) is 13.0. The van der Waals surface area contributed by atoms with Gasteiger partial charge in [0.15, 0.2) is 0 Å². The van der Waals surface area contributed by atoms with Gasteiger partial charge in [-0.3, -0.25) is 0 Å². The minimum absolute atomic E-state index is 0.247. The van der Waals surface area contributed by atoms with E-state index in [4.69, 9.17) is 4.43 Å². The monoisotopic (exact) mass is 277 g/mol. The molecule has 0 saturated carbocycles. The average molecular weight is 277 g/mol. The molecule has 0 bridgehead atoms. The molecule has 0 spiro atoms. The Kier molecular flexibility index (Phi) is 3.95. The molecule has 1 aliphatic heterocycles. The number of rotatable bonds is 3. The fraction of sp³-hybridized carbons (Fsp3) is 0.625. The Balaban J connectivity index is 2.15. The third-order valence-electron chi connectivity index (χ3n) is 4.47. The Morgan fingerprint density at radius 3 is 2.32 bits per heavy atom. The van der Waals surface area contributed by atoms with E-state index < -0.39 is 8.32 Å². The Morgan fingerprint density at radius 1 is 1.11 bits per heavy atom. The van der Waals surface area contributed by atoms with Crippen LogP contribution in [0.3, 0.4) is 0 Å². The van der Waals surface area contributed by atoms with Gasteiger partial charge in [-0.15, -0.1) is 0 Å². The van der Waals surface area contributed by atoms with Gasteiger partial charge in [0, 0.05) is 24.8 Å². The van der Waals surface area contributed by atoms with Gasteiger partial charge in [-0.25, -0.2) is 0 Å². The van der Waals surface area contributed by atoms with Gasteiger partial charge in [0.1, 0.15) is 5.75 Å². The van der Waals surface area contributed by atoms with Crippen LogP contribution in [0.2, 0.25) is 18.1 Å². The molecule has 1 aromatic carbocycles. The van der Waals surface area contributed by atoms with E-state index in [1.165, 1.54) is 31.6 Å². The summed E-state index contributed by atoms with van der Waals surface area (Å²) in [5, 5.41) is 0.247. The summed E-state index contributed by atoms with van der Waals surface area (Å²) in [6, 6.07) is 8.63. The molecule has 0 radical (unpaired) electrons. The van der Waals surface area contributed by atoms with Crippen molar-refractivity contribution in [1.29, 1.82) is 0 Å². The maximum Gasteiger partial charge on any atom is 0.250 e. The van der Waals surface area contributed by atoms with Crippen molar-refractivity contribution in [2.24, 2.45) is 0 Å². The molecule has 0 unspecified atom stereocenters. The van der Waals surface area contributed by atoms with Gasteiger partial charge in [-0.1, -0.05) is 26.8 Å². The summed E-state index contributed by atoms with van der Waals surface area (Å²) in [7, 11) is -1.73. The molecule has 1 aliphatic rings. The molecule has 2 nitrogen and oxygen atoms in total. The van der Waals surface area contributed by atoms with Crippen molar-refractivity contribution in [3.63, 3.8) is 0 Å². The first kappa shape index (κ1) is 14.4. The van der Waals surface area contributed by atoms with E-state index in [1.807, 2.05) is 0 Å². The van der Waals surface area contributed by atoms with Crippen molar-refractivity contribution in [2.75, 3.05) is 18.0 Å². The molecule has 1 fully saturated rings. The summed E-state index contributed by atoms with van der Waals surface area (Å²) in [6.45, 7) is 13.8. The van der Waals surface area contributed by atoms with Gasteiger partial charge < -0.3 is 9.33 Å². The SMILES string of the molecule is CC(C)(C)[Si](C)(C)Oc1cccc(N2CCCC2)c1. The van der Waals surface area contributed by atoms with Gasteiger partial charge >= 0.3 is 0 Å². The molecule has 3 heteroatoms. The van der Waals surface area contributed by atoms with Crippen LogP contribution in [-0.2, 0) is 0 Å². The zero-order valence-corrected chi connectivity index (χ0v) is 14.0. The highest BCUT2D eigenvalue weighted by Crippen LogP contribution is 2.38. The molecule has 1 aromatic rings. The van der Waals surface area contributed by atoms with Crippen LogP contribution in [0.4, 0.5) is 5.69 Å². The Morgan fingerprint density at radius 2 is 1.74 bits per heavy atom. The molecule has 2 rings (SSSR count). The Labute approximate surface area is 118 Å². The Bertz CT molecular complexity index is 431. The van der Waals surface area contributed by atoms with E-state index >= 15 is 0 Å². The fourth-order valence-corrected chi connectivity index (χ4v) is 3.19. The molecule has 1 saturated heterocycles. The predicted molar refractivity (Wildman–Crippen MR) is 85.7 cm³/mol. The van der Waals surface area contributed by atoms with E-state index in [-0.39, 0.29) is 5.04 Å². The summed E-state index contributed by atoms with van der Waals surface area (Å²) in [6.07, 6.45) is 2.63. The van der Waals surface area contributed by atoms with Crippen molar-refractivity contribution in [2.45, 2.75) is 51.7 Å². The second-order valence-electron chi connectivity index (χ2n) is 7.05. The molecule has 106 valence electrons. The van der Waals surface area contributed by atoms with Crippen molar-refractivity contribution in [3.8, 4) is 5.75 Å². The minimum Gasteiger partial charge on any atom is -0.543 e. The van der Waals surface area contributed by atoms with Crippen LogP contribution in [0.25, 0.3) is 0 Å². The summed E-state index contributed by atoms with van der Waals surface area (Å²) in [5.41, 5.74) is 1.31. The van der Waals surface area contributed by atoms with Crippen molar-refractivity contribution in [1.82, 2.24) is 0 Å². The summed E-state index contributed by atoms with van der Waals surface area (Å²) in [4.78, 5) is 2.46. The fourth-order valence-electron chi connectivity index (χ4n) is 2.17. The topological polar surface area (TPSA) is 12.5 Å². The first-order valence-corrected chi connectivity index (χ1v) is 10.2. The number of nitrogens with zero attached hydrogens (tertiary/aromatic N) is 1. The first-order valence-electron chi connectivity index (χ1n) is 7.34. The molecule has 0 aromatic heterocycles. The molecule has 0 N–H and O–H groups in total. The smallest absolute Gasteiger partial charge is 0.250 e. The second-order valence-corrected chi connectivity index (χ2v) is 11.8. The minimum atomic E-state index is -1.73. The highest BCUT2D eigenvalue weighted by molar-refractivity contribution is 6.74. The van der Waals surface area contributed by atoms with E-state index in [1.54, 1.807) is 0 Å². The number of anilines is 1. The largest absolute Gasteiger partial charge is 0.543 e. The first-order chi connectivity index (χ1) is 8.79. The highest BCUT2D eigenvalue weighted by atomic mass is 28.4. The molecule has 0 aliphatic carbocycles. The summed E-state index contributed by atoms with van der Waals surface area (Å²) in [5.74, 6) is 1.04. The molecule has 19 heavy (non-hydrogen) atoms. The van der Waals surface area contributed by atoms with Gasteiger partial charge in [-0.05, 0) is 43.1 Å². The van der Waals surface area contributed by atoms with E-state index in [9.17, 15) is 0 Å². The normalized spacial score (nSPS) is 16.8. The lowest BCUT2D eigenvalue weighted by Gasteiger charge is -2.36. The van der Waals surface area contributed by atoms with Crippen LogP contribution in [0, 0.1) is 0 Å². The van der Waals surface area contributed by atoms with Crippen LogP contribution >= 0.6 is 0 Å². The van der Waals surface area contributed by atoms with Gasteiger partial charge in [-0.2, -0.15) is 0 Å². The maximum absolute atomic E-state index is 6.38. The molecular weight excluding hydrogens is 250 g/mol. The molecule has 1 heterocycles. The predicted octanol–water partition coefficient (Wildman–Crippen LogP) is 4.67. The van der Waals surface area contributed by atoms with E-state index in [0.29, 0.717) is 0 Å². The van der Waals surface area contributed by atoms with Gasteiger partial charge in [0.25, 0.3) is 0 Å². The third-order valence-corrected chi connectivity index (χ3v) is 8.83.